The molecule has 7 nitrogen and oxygen atoms in total. The van der Waals surface area contributed by atoms with Gasteiger partial charge in [0, 0.05) is 31.0 Å². The molecule has 3 aromatic rings. The zero-order valence-corrected chi connectivity index (χ0v) is 15.8. The largest absolute Gasteiger partial charge is 0.397 e. The first-order chi connectivity index (χ1) is 14.1. The normalized spacial score (nSPS) is 13.9. The monoisotopic (exact) mass is 392 g/mol. The Morgan fingerprint density at radius 3 is 2.59 bits per heavy atom. The number of hydrogen-bond donors (Lipinski definition) is 2. The molecule has 1 aliphatic rings. The second-order valence-corrected chi connectivity index (χ2v) is 6.88. The average Bonchev–Trinajstić information content (AvgIpc) is 2.75. The van der Waals surface area contributed by atoms with E-state index >= 15 is 0 Å². The van der Waals surface area contributed by atoms with E-state index in [1.165, 1.54) is 18.7 Å². The van der Waals surface area contributed by atoms with Crippen LogP contribution in [0.25, 0.3) is 11.3 Å². The third kappa shape index (κ3) is 4.01. The van der Waals surface area contributed by atoms with Crippen molar-refractivity contribution in [3.63, 3.8) is 0 Å². The zero-order chi connectivity index (χ0) is 20.2. The summed E-state index contributed by atoms with van der Waals surface area (Å²) in [5.41, 5.74) is 8.32. The number of halogens is 1. The summed E-state index contributed by atoms with van der Waals surface area (Å²) in [7, 11) is 0. The van der Waals surface area contributed by atoms with Gasteiger partial charge in [-0.1, -0.05) is 0 Å². The third-order valence-electron chi connectivity index (χ3n) is 4.93. The van der Waals surface area contributed by atoms with Gasteiger partial charge in [0.05, 0.1) is 35.1 Å². The minimum absolute atomic E-state index is 0.0344. The van der Waals surface area contributed by atoms with E-state index in [0.29, 0.717) is 11.4 Å². The number of pyridine rings is 3. The van der Waals surface area contributed by atoms with Crippen LogP contribution in [-0.4, -0.2) is 33.9 Å². The minimum Gasteiger partial charge on any atom is -0.397 e. The van der Waals surface area contributed by atoms with E-state index in [1.54, 1.807) is 24.5 Å². The number of anilines is 3. The highest BCUT2D eigenvalue weighted by atomic mass is 19.1. The zero-order valence-electron chi connectivity index (χ0n) is 15.8. The molecule has 0 saturated carbocycles. The molecule has 1 fully saturated rings. The van der Waals surface area contributed by atoms with Gasteiger partial charge in [-0.2, -0.15) is 0 Å². The van der Waals surface area contributed by atoms with Crippen molar-refractivity contribution in [2.75, 3.05) is 29.0 Å². The van der Waals surface area contributed by atoms with Crippen LogP contribution in [-0.2, 0) is 0 Å². The van der Waals surface area contributed by atoms with Gasteiger partial charge in [-0.15, -0.1) is 0 Å². The summed E-state index contributed by atoms with van der Waals surface area (Å²) in [5.74, 6) is -0.985. The van der Waals surface area contributed by atoms with Crippen LogP contribution in [0.4, 0.5) is 21.5 Å². The first kappa shape index (κ1) is 18.8. The molecule has 3 aromatic heterocycles. The van der Waals surface area contributed by atoms with Crippen molar-refractivity contribution in [1.82, 2.24) is 15.0 Å². The molecule has 4 rings (SSSR count). The van der Waals surface area contributed by atoms with E-state index in [1.807, 2.05) is 6.07 Å². The van der Waals surface area contributed by atoms with Gasteiger partial charge in [-0.05, 0) is 43.5 Å². The highest BCUT2D eigenvalue weighted by molar-refractivity contribution is 6.07. The second kappa shape index (κ2) is 8.22. The number of nitrogens with zero attached hydrogens (tertiary/aromatic N) is 4. The van der Waals surface area contributed by atoms with E-state index in [4.69, 9.17) is 5.73 Å². The Bertz CT molecular complexity index is 1040. The number of aromatic nitrogens is 3. The lowest BCUT2D eigenvalue weighted by atomic mass is 10.1. The standard InChI is InChI=1S/C21H21FN6O/c22-15-12-24-8-6-14(15)17-5-4-16(23)20(26-17)21(29)27-18-13-25-9-7-19(18)28-10-2-1-3-11-28/h4-9,12-13H,1-3,10-11,23H2,(H,27,29). The van der Waals surface area contributed by atoms with E-state index < -0.39 is 11.7 Å². The lowest BCUT2D eigenvalue weighted by Gasteiger charge is -2.30. The molecule has 29 heavy (non-hydrogen) atoms. The van der Waals surface area contributed by atoms with Crippen molar-refractivity contribution in [2.45, 2.75) is 19.3 Å². The number of nitrogens with one attached hydrogen (secondary N) is 1. The Hall–Kier alpha value is -3.55. The molecule has 3 N–H and O–H groups in total. The number of hydrogen-bond acceptors (Lipinski definition) is 6. The number of rotatable bonds is 4. The summed E-state index contributed by atoms with van der Waals surface area (Å²) < 4.78 is 14.1. The maximum Gasteiger partial charge on any atom is 0.276 e. The Balaban J connectivity index is 1.63. The van der Waals surface area contributed by atoms with Crippen molar-refractivity contribution in [1.29, 1.82) is 0 Å². The van der Waals surface area contributed by atoms with Gasteiger partial charge in [-0.25, -0.2) is 9.37 Å². The van der Waals surface area contributed by atoms with Crippen LogP contribution in [0.2, 0.25) is 0 Å². The van der Waals surface area contributed by atoms with Gasteiger partial charge >= 0.3 is 0 Å². The fourth-order valence-corrected chi connectivity index (χ4v) is 3.46. The van der Waals surface area contributed by atoms with E-state index in [-0.39, 0.29) is 16.9 Å². The van der Waals surface area contributed by atoms with Gasteiger partial charge in [0.15, 0.2) is 11.5 Å². The SMILES string of the molecule is Nc1ccc(-c2ccncc2F)nc1C(=O)Nc1cnccc1N1CCCCC1. The molecule has 4 heterocycles. The number of piperidine rings is 1. The first-order valence-electron chi connectivity index (χ1n) is 9.50. The summed E-state index contributed by atoms with van der Waals surface area (Å²) in [6, 6.07) is 6.52. The molecule has 8 heteroatoms. The third-order valence-corrected chi connectivity index (χ3v) is 4.93. The summed E-state index contributed by atoms with van der Waals surface area (Å²) in [4.78, 5) is 27.3. The quantitative estimate of drug-likeness (QED) is 0.705. The summed E-state index contributed by atoms with van der Waals surface area (Å²) >= 11 is 0. The van der Waals surface area contributed by atoms with Crippen LogP contribution in [0, 0.1) is 5.82 Å². The van der Waals surface area contributed by atoms with Crippen LogP contribution in [0.15, 0.2) is 49.1 Å². The van der Waals surface area contributed by atoms with Gasteiger partial charge in [0.1, 0.15) is 0 Å². The van der Waals surface area contributed by atoms with Gasteiger partial charge in [0.25, 0.3) is 5.91 Å². The molecule has 0 aliphatic carbocycles. The number of nitrogens with two attached hydrogens (primary N) is 1. The summed E-state index contributed by atoms with van der Waals surface area (Å²) in [6.45, 7) is 1.87. The van der Waals surface area contributed by atoms with E-state index in [0.717, 1.165) is 37.8 Å². The molecule has 0 aromatic carbocycles. The van der Waals surface area contributed by atoms with Crippen LogP contribution >= 0.6 is 0 Å². The Morgan fingerprint density at radius 1 is 1.03 bits per heavy atom. The van der Waals surface area contributed by atoms with Crippen LogP contribution in [0.3, 0.4) is 0 Å². The molecule has 0 radical (unpaired) electrons. The fourth-order valence-electron chi connectivity index (χ4n) is 3.46. The smallest absolute Gasteiger partial charge is 0.276 e. The Morgan fingerprint density at radius 2 is 1.79 bits per heavy atom. The highest BCUT2D eigenvalue weighted by Crippen LogP contribution is 2.28. The number of nitrogen functional groups attached to an aromatic ring is 1. The Kier molecular flexibility index (Phi) is 5.33. The van der Waals surface area contributed by atoms with Gasteiger partial charge in [-0.3, -0.25) is 14.8 Å². The highest BCUT2D eigenvalue weighted by Gasteiger charge is 2.19. The molecule has 0 unspecified atom stereocenters. The summed E-state index contributed by atoms with van der Waals surface area (Å²) in [6.07, 6.45) is 9.34. The molecule has 148 valence electrons. The average molecular weight is 392 g/mol. The molecule has 0 atom stereocenters. The van der Waals surface area contributed by atoms with Crippen LogP contribution < -0.4 is 16.0 Å². The topological polar surface area (TPSA) is 97.0 Å². The second-order valence-electron chi connectivity index (χ2n) is 6.88. The van der Waals surface area contributed by atoms with Crippen molar-refractivity contribution >= 4 is 23.0 Å². The molecule has 0 spiro atoms. The minimum atomic E-state index is -0.518. The molecular formula is C21H21FN6O. The maximum absolute atomic E-state index is 14.1. The predicted molar refractivity (Wildman–Crippen MR) is 110 cm³/mol. The molecule has 0 bridgehead atoms. The number of carbonyl (C=O) groups is 1. The summed E-state index contributed by atoms with van der Waals surface area (Å²) in [5, 5.41) is 2.87. The fraction of sp³-hybridized carbons (Fsp3) is 0.238. The molecule has 1 saturated heterocycles. The lowest BCUT2D eigenvalue weighted by molar-refractivity contribution is 0.102. The molecule has 1 aliphatic heterocycles. The first-order valence-corrected chi connectivity index (χ1v) is 9.50. The molecular weight excluding hydrogens is 371 g/mol. The van der Waals surface area contributed by atoms with Crippen molar-refractivity contribution in [3.8, 4) is 11.3 Å². The number of amides is 1. The van der Waals surface area contributed by atoms with Gasteiger partial charge in [0.2, 0.25) is 0 Å². The van der Waals surface area contributed by atoms with Crippen LogP contribution in [0.5, 0.6) is 0 Å². The van der Waals surface area contributed by atoms with Crippen LogP contribution in [0.1, 0.15) is 29.8 Å². The maximum atomic E-state index is 14.1. The predicted octanol–water partition coefficient (Wildman–Crippen LogP) is 3.50. The van der Waals surface area contributed by atoms with Gasteiger partial charge < -0.3 is 16.0 Å². The number of carbonyl (C=O) groups excluding carboxylic acids is 1. The Labute approximate surface area is 167 Å². The van der Waals surface area contributed by atoms with Crippen molar-refractivity contribution in [3.05, 3.63) is 60.6 Å². The van der Waals surface area contributed by atoms with Crippen molar-refractivity contribution in [2.24, 2.45) is 0 Å². The van der Waals surface area contributed by atoms with E-state index in [9.17, 15) is 9.18 Å². The van der Waals surface area contributed by atoms with E-state index in [2.05, 4.69) is 25.2 Å². The lowest BCUT2D eigenvalue weighted by Crippen LogP contribution is -2.30. The van der Waals surface area contributed by atoms with Crippen molar-refractivity contribution < 1.29 is 9.18 Å². The molecule has 1 amide bonds.